The summed E-state index contributed by atoms with van der Waals surface area (Å²) >= 11 is 12.1. The summed E-state index contributed by atoms with van der Waals surface area (Å²) in [4.78, 5) is 28.0. The average Bonchev–Trinajstić information content (AvgIpc) is 2.96. The van der Waals surface area contributed by atoms with Gasteiger partial charge in [0.25, 0.3) is 0 Å². The van der Waals surface area contributed by atoms with Gasteiger partial charge in [-0.2, -0.15) is 0 Å². The quantitative estimate of drug-likeness (QED) is 0.769. The van der Waals surface area contributed by atoms with E-state index in [1.807, 2.05) is 18.7 Å². The van der Waals surface area contributed by atoms with Gasteiger partial charge in [-0.1, -0.05) is 6.92 Å². The topological polar surface area (TPSA) is 52.7 Å². The molecule has 0 spiro atoms. The zero-order valence-corrected chi connectivity index (χ0v) is 14.1. The van der Waals surface area contributed by atoms with Crippen LogP contribution in [0.4, 0.5) is 0 Å². The molecule has 2 amide bonds. The Balaban J connectivity index is 1.76. The maximum atomic E-state index is 12.4. The lowest BCUT2D eigenvalue weighted by atomic mass is 10.1. The van der Waals surface area contributed by atoms with Gasteiger partial charge < -0.3 is 10.2 Å². The first-order valence-electron chi connectivity index (χ1n) is 7.46. The lowest BCUT2D eigenvalue weighted by molar-refractivity contribution is -0.138. The summed E-state index contributed by atoms with van der Waals surface area (Å²) in [5, 5.41) is 2.86. The third-order valence-corrected chi connectivity index (χ3v) is 5.43. The van der Waals surface area contributed by atoms with Crippen LogP contribution in [-0.4, -0.2) is 65.2 Å². The summed E-state index contributed by atoms with van der Waals surface area (Å²) in [7, 11) is 0. The second-order valence-corrected chi connectivity index (χ2v) is 7.62. The van der Waals surface area contributed by atoms with E-state index in [9.17, 15) is 9.59 Å². The van der Waals surface area contributed by atoms with E-state index < -0.39 is 9.75 Å². The van der Waals surface area contributed by atoms with Crippen LogP contribution in [0.2, 0.25) is 0 Å². The molecule has 1 unspecified atom stereocenters. The predicted octanol–water partition coefficient (Wildman–Crippen LogP) is 1.24. The van der Waals surface area contributed by atoms with Crippen molar-refractivity contribution in [3.8, 4) is 0 Å². The molecule has 5 nitrogen and oxygen atoms in total. The molecule has 1 saturated heterocycles. The van der Waals surface area contributed by atoms with Crippen molar-refractivity contribution < 1.29 is 9.59 Å². The molecular weight excluding hydrogens is 313 g/mol. The van der Waals surface area contributed by atoms with Crippen molar-refractivity contribution in [2.24, 2.45) is 5.41 Å². The van der Waals surface area contributed by atoms with Crippen LogP contribution in [0, 0.1) is 5.41 Å². The van der Waals surface area contributed by atoms with Crippen molar-refractivity contribution in [3.05, 3.63) is 0 Å². The number of piperazine rings is 1. The Morgan fingerprint density at radius 1 is 1.19 bits per heavy atom. The molecule has 0 radical (unpaired) electrons. The zero-order valence-electron chi connectivity index (χ0n) is 12.6. The van der Waals surface area contributed by atoms with E-state index in [2.05, 4.69) is 10.2 Å². The largest absolute Gasteiger partial charge is 0.355 e. The van der Waals surface area contributed by atoms with Gasteiger partial charge in [0.05, 0.1) is 12.0 Å². The number of halogens is 2. The highest BCUT2D eigenvalue weighted by Gasteiger charge is 2.68. The summed E-state index contributed by atoms with van der Waals surface area (Å²) in [5.74, 6) is 0.0777. The fourth-order valence-corrected chi connectivity index (χ4v) is 3.31. The minimum Gasteiger partial charge on any atom is -0.355 e. The van der Waals surface area contributed by atoms with Crippen LogP contribution in [-0.2, 0) is 9.59 Å². The molecule has 1 aliphatic carbocycles. The van der Waals surface area contributed by atoms with Gasteiger partial charge in [-0.3, -0.25) is 14.5 Å². The fraction of sp³-hybridized carbons (Fsp3) is 0.857. The highest BCUT2D eigenvalue weighted by atomic mass is 35.5. The second-order valence-electron chi connectivity index (χ2n) is 6.13. The van der Waals surface area contributed by atoms with Gasteiger partial charge in [0.2, 0.25) is 11.8 Å². The third kappa shape index (κ3) is 3.63. The molecule has 7 heteroatoms. The van der Waals surface area contributed by atoms with E-state index in [0.717, 1.165) is 6.42 Å². The summed E-state index contributed by atoms with van der Waals surface area (Å²) < 4.78 is -0.915. The first-order chi connectivity index (χ1) is 9.80. The van der Waals surface area contributed by atoms with Crippen LogP contribution in [0.5, 0.6) is 0 Å². The molecule has 1 saturated carbocycles. The monoisotopic (exact) mass is 335 g/mol. The van der Waals surface area contributed by atoms with E-state index in [1.165, 1.54) is 0 Å². The van der Waals surface area contributed by atoms with Gasteiger partial charge in [0, 0.05) is 32.7 Å². The van der Waals surface area contributed by atoms with Crippen molar-refractivity contribution in [1.29, 1.82) is 0 Å². The summed E-state index contributed by atoms with van der Waals surface area (Å²) in [6, 6.07) is 0. The normalized spacial score (nSPS) is 28.3. The maximum absolute atomic E-state index is 12.4. The maximum Gasteiger partial charge on any atom is 0.234 e. The molecule has 1 N–H and O–H groups in total. The average molecular weight is 336 g/mol. The van der Waals surface area contributed by atoms with Crippen molar-refractivity contribution in [2.45, 2.75) is 31.0 Å². The van der Waals surface area contributed by atoms with Gasteiger partial charge in [-0.25, -0.2) is 0 Å². The number of amides is 2. The second kappa shape index (κ2) is 6.31. The van der Waals surface area contributed by atoms with Crippen LogP contribution in [0.1, 0.15) is 26.7 Å². The number of nitrogens with zero attached hydrogens (tertiary/aromatic N) is 2. The molecule has 2 fully saturated rings. The van der Waals surface area contributed by atoms with Crippen LogP contribution in [0.25, 0.3) is 0 Å². The Bertz CT molecular complexity index is 422. The van der Waals surface area contributed by atoms with Gasteiger partial charge in [-0.15, -0.1) is 23.2 Å². The Labute approximate surface area is 135 Å². The number of carbonyl (C=O) groups is 2. The van der Waals surface area contributed by atoms with Crippen molar-refractivity contribution in [1.82, 2.24) is 15.1 Å². The molecular formula is C14H23Cl2N3O2. The molecule has 1 atom stereocenters. The van der Waals surface area contributed by atoms with E-state index in [0.29, 0.717) is 45.7 Å². The van der Waals surface area contributed by atoms with Crippen LogP contribution in [0.15, 0.2) is 0 Å². The van der Waals surface area contributed by atoms with Crippen molar-refractivity contribution >= 4 is 35.0 Å². The van der Waals surface area contributed by atoms with Crippen molar-refractivity contribution in [3.63, 3.8) is 0 Å². The molecule has 2 aliphatic rings. The molecule has 0 aromatic carbocycles. The van der Waals surface area contributed by atoms with Crippen LogP contribution >= 0.6 is 23.2 Å². The Hall–Kier alpha value is -0.520. The summed E-state index contributed by atoms with van der Waals surface area (Å²) in [5.41, 5.74) is -0.642. The van der Waals surface area contributed by atoms with E-state index in [-0.39, 0.29) is 11.8 Å². The predicted molar refractivity (Wildman–Crippen MR) is 83.5 cm³/mol. The van der Waals surface area contributed by atoms with E-state index in [1.54, 1.807) is 0 Å². The number of hydrogen-bond donors (Lipinski definition) is 1. The van der Waals surface area contributed by atoms with E-state index >= 15 is 0 Å². The lowest BCUT2D eigenvalue weighted by Crippen LogP contribution is -2.52. The molecule has 0 bridgehead atoms. The number of carbonyl (C=O) groups excluding carboxylic acids is 2. The molecule has 120 valence electrons. The van der Waals surface area contributed by atoms with E-state index in [4.69, 9.17) is 23.2 Å². The highest BCUT2D eigenvalue weighted by molar-refractivity contribution is 6.53. The first-order valence-corrected chi connectivity index (χ1v) is 8.22. The Kier molecular flexibility index (Phi) is 5.06. The van der Waals surface area contributed by atoms with Crippen molar-refractivity contribution in [2.75, 3.05) is 39.3 Å². The third-order valence-electron chi connectivity index (χ3n) is 4.33. The number of nitrogens with one attached hydrogen (secondary N) is 1. The molecule has 21 heavy (non-hydrogen) atoms. The van der Waals surface area contributed by atoms with Crippen LogP contribution < -0.4 is 5.32 Å². The molecule has 0 aromatic rings. The minimum atomic E-state index is -0.915. The van der Waals surface area contributed by atoms with Gasteiger partial charge in [0.15, 0.2) is 0 Å². The molecule has 1 aliphatic heterocycles. The molecule has 2 rings (SSSR count). The minimum absolute atomic E-state index is 0.0302. The number of rotatable bonds is 5. The summed E-state index contributed by atoms with van der Waals surface area (Å²) in [6.45, 7) is 7.62. The van der Waals surface area contributed by atoms with Gasteiger partial charge >= 0.3 is 0 Å². The highest BCUT2D eigenvalue weighted by Crippen LogP contribution is 2.64. The molecule has 1 heterocycles. The first kappa shape index (κ1) is 16.8. The fourth-order valence-electron chi connectivity index (χ4n) is 2.61. The van der Waals surface area contributed by atoms with Gasteiger partial charge in [0.1, 0.15) is 4.33 Å². The molecule has 0 aromatic heterocycles. The zero-order chi connectivity index (χ0) is 15.7. The Morgan fingerprint density at radius 2 is 1.76 bits per heavy atom. The standard InChI is InChI=1S/C14H23Cl2N3O2/c1-3-4-17-11(20)9-18-5-7-19(8-6-18)12(21)13(2)10-14(13,15)16/h3-10H2,1-2H3,(H,17,20). The van der Waals surface area contributed by atoms with Crippen LogP contribution in [0.3, 0.4) is 0 Å². The number of hydrogen-bond acceptors (Lipinski definition) is 3. The van der Waals surface area contributed by atoms with Gasteiger partial charge in [-0.05, 0) is 19.8 Å². The lowest BCUT2D eigenvalue weighted by Gasteiger charge is -2.36. The SMILES string of the molecule is CCCNC(=O)CN1CCN(C(=O)C2(C)CC2(Cl)Cl)CC1. The number of alkyl halides is 2. The summed E-state index contributed by atoms with van der Waals surface area (Å²) in [6.07, 6.45) is 1.45. The smallest absolute Gasteiger partial charge is 0.234 e. The Morgan fingerprint density at radius 3 is 2.24 bits per heavy atom.